The lowest BCUT2D eigenvalue weighted by Crippen LogP contribution is -2.38. The minimum absolute atomic E-state index is 0.459. The molecule has 0 aliphatic rings. The molecular weight excluding hydrogens is 286 g/mol. The first-order valence-corrected chi connectivity index (χ1v) is 6.46. The smallest absolute Gasteiger partial charge is 0.117 e. The summed E-state index contributed by atoms with van der Waals surface area (Å²) in [5.74, 6) is 0. The van der Waals surface area contributed by atoms with Crippen LogP contribution in [-0.4, -0.2) is 41.7 Å². The number of ether oxygens (including phenoxy) is 1. The first-order chi connectivity index (χ1) is 8.03. The summed E-state index contributed by atoms with van der Waals surface area (Å²) in [6.45, 7) is 6.31. The second-order valence-corrected chi connectivity index (χ2v) is 4.95. The van der Waals surface area contributed by atoms with Gasteiger partial charge in [-0.25, -0.2) is 0 Å². The van der Waals surface area contributed by atoms with Crippen LogP contribution in [-0.2, 0) is 16.9 Å². The van der Waals surface area contributed by atoms with Gasteiger partial charge < -0.3 is 15.2 Å². The summed E-state index contributed by atoms with van der Waals surface area (Å²) in [6.07, 6.45) is 1.71. The summed E-state index contributed by atoms with van der Waals surface area (Å²) in [6, 6.07) is 0. The molecule has 0 spiro atoms. The Hall–Kier alpha value is -0.430. The molecule has 0 saturated heterocycles. The van der Waals surface area contributed by atoms with E-state index >= 15 is 0 Å². The SMILES string of the molecule is CCn1ncc(Br)c1C(C)(O)CNCCOC. The van der Waals surface area contributed by atoms with Crippen LogP contribution < -0.4 is 5.32 Å². The van der Waals surface area contributed by atoms with Gasteiger partial charge in [-0.1, -0.05) is 0 Å². The molecule has 1 rings (SSSR count). The third-order valence-corrected chi connectivity index (χ3v) is 3.14. The van der Waals surface area contributed by atoms with E-state index in [1.807, 2.05) is 6.92 Å². The maximum Gasteiger partial charge on any atom is 0.117 e. The molecule has 0 aliphatic carbocycles. The van der Waals surface area contributed by atoms with Crippen molar-refractivity contribution in [3.05, 3.63) is 16.4 Å². The van der Waals surface area contributed by atoms with Gasteiger partial charge >= 0.3 is 0 Å². The zero-order valence-corrected chi connectivity index (χ0v) is 12.1. The highest BCUT2D eigenvalue weighted by molar-refractivity contribution is 9.10. The van der Waals surface area contributed by atoms with Gasteiger partial charge in [0.1, 0.15) is 5.60 Å². The molecule has 0 aromatic carbocycles. The van der Waals surface area contributed by atoms with Crippen molar-refractivity contribution in [1.29, 1.82) is 0 Å². The third-order valence-electron chi connectivity index (χ3n) is 2.56. The van der Waals surface area contributed by atoms with Crippen molar-refractivity contribution < 1.29 is 9.84 Å². The second-order valence-electron chi connectivity index (χ2n) is 4.10. The van der Waals surface area contributed by atoms with Gasteiger partial charge in [-0.15, -0.1) is 0 Å². The van der Waals surface area contributed by atoms with E-state index in [0.717, 1.165) is 16.7 Å². The van der Waals surface area contributed by atoms with Crippen molar-refractivity contribution in [2.24, 2.45) is 0 Å². The first-order valence-electron chi connectivity index (χ1n) is 5.66. The Morgan fingerprint density at radius 1 is 1.65 bits per heavy atom. The summed E-state index contributed by atoms with van der Waals surface area (Å²) in [4.78, 5) is 0. The van der Waals surface area contributed by atoms with Crippen LogP contribution in [0.5, 0.6) is 0 Å². The van der Waals surface area contributed by atoms with Gasteiger partial charge in [0.25, 0.3) is 0 Å². The Kier molecular flexibility index (Phi) is 5.58. The molecule has 1 heterocycles. The fourth-order valence-corrected chi connectivity index (χ4v) is 2.45. The second kappa shape index (κ2) is 6.49. The molecule has 0 amide bonds. The van der Waals surface area contributed by atoms with Crippen molar-refractivity contribution in [2.75, 3.05) is 26.8 Å². The van der Waals surface area contributed by atoms with Crippen LogP contribution >= 0.6 is 15.9 Å². The summed E-state index contributed by atoms with van der Waals surface area (Å²) in [5.41, 5.74) is -0.163. The highest BCUT2D eigenvalue weighted by Crippen LogP contribution is 2.27. The predicted molar refractivity (Wildman–Crippen MR) is 69.9 cm³/mol. The van der Waals surface area contributed by atoms with Crippen LogP contribution in [0, 0.1) is 0 Å². The van der Waals surface area contributed by atoms with Crippen LogP contribution in [0.15, 0.2) is 10.7 Å². The number of aryl methyl sites for hydroxylation is 1. The minimum Gasteiger partial charge on any atom is -0.383 e. The van der Waals surface area contributed by atoms with Gasteiger partial charge in [-0.05, 0) is 29.8 Å². The molecule has 5 nitrogen and oxygen atoms in total. The lowest BCUT2D eigenvalue weighted by Gasteiger charge is -2.25. The van der Waals surface area contributed by atoms with Crippen molar-refractivity contribution >= 4 is 15.9 Å². The lowest BCUT2D eigenvalue weighted by atomic mass is 10.0. The van der Waals surface area contributed by atoms with Crippen LogP contribution in [0.3, 0.4) is 0 Å². The van der Waals surface area contributed by atoms with Crippen LogP contribution in [0.25, 0.3) is 0 Å². The number of aromatic nitrogens is 2. The number of rotatable bonds is 7. The fourth-order valence-electron chi connectivity index (χ4n) is 1.73. The average Bonchev–Trinajstić information content (AvgIpc) is 2.66. The van der Waals surface area contributed by atoms with Gasteiger partial charge in [0.05, 0.1) is 23.0 Å². The van der Waals surface area contributed by atoms with E-state index in [2.05, 4.69) is 26.3 Å². The number of halogens is 1. The summed E-state index contributed by atoms with van der Waals surface area (Å²) in [7, 11) is 1.66. The molecule has 1 aromatic rings. The number of hydrogen-bond donors (Lipinski definition) is 2. The number of nitrogens with zero attached hydrogens (tertiary/aromatic N) is 2. The van der Waals surface area contributed by atoms with E-state index in [-0.39, 0.29) is 0 Å². The van der Waals surface area contributed by atoms with E-state index in [9.17, 15) is 5.11 Å². The zero-order valence-electron chi connectivity index (χ0n) is 10.5. The van der Waals surface area contributed by atoms with E-state index in [4.69, 9.17) is 4.74 Å². The van der Waals surface area contributed by atoms with Gasteiger partial charge in [-0.2, -0.15) is 5.10 Å². The largest absolute Gasteiger partial charge is 0.383 e. The van der Waals surface area contributed by atoms with Crippen molar-refractivity contribution in [3.8, 4) is 0 Å². The maximum absolute atomic E-state index is 10.5. The standard InChI is InChI=1S/C11H20BrN3O2/c1-4-15-10(9(12)7-14-15)11(2,16)8-13-5-6-17-3/h7,13,16H,4-6,8H2,1-3H3. The number of nitrogens with one attached hydrogen (secondary N) is 1. The van der Waals surface area contributed by atoms with Crippen molar-refractivity contribution in [3.63, 3.8) is 0 Å². The quantitative estimate of drug-likeness (QED) is 0.741. The van der Waals surface area contributed by atoms with E-state index in [1.165, 1.54) is 0 Å². The summed E-state index contributed by atoms with van der Waals surface area (Å²) < 4.78 is 7.57. The molecule has 0 bridgehead atoms. The van der Waals surface area contributed by atoms with Crippen LogP contribution in [0.1, 0.15) is 19.5 Å². The number of methoxy groups -OCH3 is 1. The van der Waals surface area contributed by atoms with Gasteiger partial charge in [0, 0.05) is 26.7 Å². The van der Waals surface area contributed by atoms with Crippen LogP contribution in [0.4, 0.5) is 0 Å². The summed E-state index contributed by atoms with van der Waals surface area (Å²) in [5, 5.41) is 17.8. The number of hydrogen-bond acceptors (Lipinski definition) is 4. The Morgan fingerprint density at radius 2 is 2.35 bits per heavy atom. The molecule has 2 N–H and O–H groups in total. The molecule has 98 valence electrons. The van der Waals surface area contributed by atoms with E-state index in [0.29, 0.717) is 19.7 Å². The van der Waals surface area contributed by atoms with Gasteiger partial charge in [0.2, 0.25) is 0 Å². The van der Waals surface area contributed by atoms with Gasteiger partial charge in [0.15, 0.2) is 0 Å². The number of aliphatic hydroxyl groups is 1. The van der Waals surface area contributed by atoms with Crippen LogP contribution in [0.2, 0.25) is 0 Å². The Morgan fingerprint density at radius 3 is 2.94 bits per heavy atom. The third kappa shape index (κ3) is 3.77. The molecular formula is C11H20BrN3O2. The topological polar surface area (TPSA) is 59.3 Å². The molecule has 1 aromatic heterocycles. The Balaban J connectivity index is 2.70. The highest BCUT2D eigenvalue weighted by atomic mass is 79.9. The monoisotopic (exact) mass is 305 g/mol. The molecule has 17 heavy (non-hydrogen) atoms. The molecule has 6 heteroatoms. The summed E-state index contributed by atoms with van der Waals surface area (Å²) >= 11 is 3.42. The molecule has 0 aliphatic heterocycles. The fraction of sp³-hybridized carbons (Fsp3) is 0.727. The first kappa shape index (κ1) is 14.6. The van der Waals surface area contributed by atoms with E-state index in [1.54, 1.807) is 24.9 Å². The molecule has 0 radical (unpaired) electrons. The highest BCUT2D eigenvalue weighted by Gasteiger charge is 2.29. The molecule has 0 fully saturated rings. The maximum atomic E-state index is 10.5. The van der Waals surface area contributed by atoms with E-state index < -0.39 is 5.60 Å². The Labute approximate surface area is 110 Å². The molecule has 1 unspecified atom stereocenters. The Bertz CT molecular complexity index is 352. The van der Waals surface area contributed by atoms with Crippen molar-refractivity contribution in [1.82, 2.24) is 15.1 Å². The lowest BCUT2D eigenvalue weighted by molar-refractivity contribution is 0.0451. The zero-order chi connectivity index (χ0) is 12.9. The van der Waals surface area contributed by atoms with Crippen molar-refractivity contribution in [2.45, 2.75) is 26.0 Å². The molecule has 1 atom stereocenters. The average molecular weight is 306 g/mol. The predicted octanol–water partition coefficient (Wildman–Crippen LogP) is 1.11. The normalized spacial score (nSPS) is 14.9. The van der Waals surface area contributed by atoms with Gasteiger partial charge in [-0.3, -0.25) is 4.68 Å². The minimum atomic E-state index is -0.959. The molecule has 0 saturated carbocycles.